The summed E-state index contributed by atoms with van der Waals surface area (Å²) >= 11 is 0. The molecule has 1 aromatic rings. The van der Waals surface area contributed by atoms with E-state index < -0.39 is 21.7 Å². The molecular weight excluding hydrogens is 371 g/mol. The van der Waals surface area contributed by atoms with Gasteiger partial charge in [0, 0.05) is 18.8 Å². The third-order valence-electron chi connectivity index (χ3n) is 3.92. The van der Waals surface area contributed by atoms with E-state index in [1.807, 2.05) is 13.8 Å². The molecule has 0 aliphatic heterocycles. The fraction of sp³-hybridized carbons (Fsp3) is 0.556. The van der Waals surface area contributed by atoms with Crippen molar-refractivity contribution < 1.29 is 17.6 Å². The summed E-state index contributed by atoms with van der Waals surface area (Å²) in [7, 11) is -3.03. The molecule has 0 fully saturated rings. The quantitative estimate of drug-likeness (QED) is 0.398. The number of hydrogen-bond acceptors (Lipinski definition) is 4. The van der Waals surface area contributed by atoms with Gasteiger partial charge in [0.2, 0.25) is 5.91 Å². The highest BCUT2D eigenvalue weighted by Gasteiger charge is 2.17. The van der Waals surface area contributed by atoms with E-state index in [0.29, 0.717) is 25.3 Å². The molecule has 2 unspecified atom stereocenters. The third-order valence-corrected chi connectivity index (χ3v) is 4.89. The number of rotatable bonds is 10. The smallest absolute Gasteiger partial charge is 0.222 e. The molecule has 0 heterocycles. The Balaban J connectivity index is 2.73. The van der Waals surface area contributed by atoms with Crippen molar-refractivity contribution in [2.75, 3.05) is 25.1 Å². The maximum absolute atomic E-state index is 13.0. The van der Waals surface area contributed by atoms with Crippen molar-refractivity contribution in [2.45, 2.75) is 32.7 Å². The van der Waals surface area contributed by atoms with Crippen LogP contribution in [-0.2, 0) is 21.1 Å². The van der Waals surface area contributed by atoms with E-state index in [1.54, 1.807) is 12.1 Å². The maximum atomic E-state index is 13.0. The summed E-state index contributed by atoms with van der Waals surface area (Å²) in [4.78, 5) is 16.2. The van der Waals surface area contributed by atoms with Gasteiger partial charge in [0.25, 0.3) is 0 Å². The van der Waals surface area contributed by atoms with E-state index in [0.717, 1.165) is 5.56 Å². The molecule has 0 aromatic heterocycles. The molecule has 0 bridgehead atoms. The van der Waals surface area contributed by atoms with Crippen LogP contribution in [0.5, 0.6) is 0 Å². The Bertz CT molecular complexity index is 735. The summed E-state index contributed by atoms with van der Waals surface area (Å²) in [6, 6.07) is 5.80. The van der Waals surface area contributed by atoms with Gasteiger partial charge in [-0.25, -0.2) is 12.8 Å². The van der Waals surface area contributed by atoms with Crippen molar-refractivity contribution in [1.29, 1.82) is 0 Å². The van der Waals surface area contributed by atoms with Crippen LogP contribution in [0.3, 0.4) is 0 Å². The van der Waals surface area contributed by atoms with Crippen LogP contribution >= 0.6 is 0 Å². The van der Waals surface area contributed by atoms with Crippen LogP contribution in [0.25, 0.3) is 0 Å². The molecule has 4 N–H and O–H groups in total. The second-order valence-corrected chi connectivity index (χ2v) is 8.87. The first-order valence-electron chi connectivity index (χ1n) is 8.87. The first kappa shape index (κ1) is 22.9. The maximum Gasteiger partial charge on any atom is 0.222 e. The Hall–Kier alpha value is -2.16. The number of hydrogen-bond donors (Lipinski definition) is 3. The molecule has 27 heavy (non-hydrogen) atoms. The van der Waals surface area contributed by atoms with E-state index in [2.05, 4.69) is 15.6 Å². The summed E-state index contributed by atoms with van der Waals surface area (Å²) in [6.45, 7) is 4.55. The topological polar surface area (TPSA) is 114 Å². The van der Waals surface area contributed by atoms with Gasteiger partial charge in [-0.1, -0.05) is 12.1 Å². The van der Waals surface area contributed by atoms with E-state index in [4.69, 9.17) is 5.73 Å². The highest BCUT2D eigenvalue weighted by Crippen LogP contribution is 2.10. The van der Waals surface area contributed by atoms with Crippen molar-refractivity contribution in [2.24, 2.45) is 16.6 Å². The normalized spacial score (nSPS) is 14.4. The van der Waals surface area contributed by atoms with Crippen molar-refractivity contribution in [3.8, 4) is 0 Å². The number of guanidine groups is 1. The Morgan fingerprint density at radius 1 is 1.30 bits per heavy atom. The van der Waals surface area contributed by atoms with Crippen molar-refractivity contribution in [3.05, 3.63) is 35.6 Å². The minimum absolute atomic E-state index is 0.0784. The minimum atomic E-state index is -3.03. The largest absolute Gasteiger partial charge is 0.369 e. The van der Waals surface area contributed by atoms with Gasteiger partial charge in [-0.3, -0.25) is 9.79 Å². The first-order valence-corrected chi connectivity index (χ1v) is 10.9. The van der Waals surface area contributed by atoms with Crippen LogP contribution in [-0.4, -0.2) is 51.4 Å². The number of primary amides is 1. The second kappa shape index (κ2) is 10.9. The lowest BCUT2D eigenvalue weighted by Gasteiger charge is -2.18. The Morgan fingerprint density at radius 2 is 1.93 bits per heavy atom. The molecule has 0 spiro atoms. The van der Waals surface area contributed by atoms with Gasteiger partial charge in [-0.05, 0) is 44.4 Å². The molecule has 7 nitrogen and oxygen atoms in total. The van der Waals surface area contributed by atoms with Crippen LogP contribution in [0.15, 0.2) is 29.3 Å². The van der Waals surface area contributed by atoms with Gasteiger partial charge in [-0.2, -0.15) is 0 Å². The molecule has 1 amide bonds. The number of aliphatic imine (C=N–C) groups is 1. The molecule has 1 aromatic carbocycles. The first-order chi connectivity index (χ1) is 12.6. The zero-order chi connectivity index (χ0) is 20.4. The van der Waals surface area contributed by atoms with E-state index in [1.165, 1.54) is 18.4 Å². The number of carbonyl (C=O) groups excluding carboxylic acids is 1. The zero-order valence-electron chi connectivity index (χ0n) is 16.0. The van der Waals surface area contributed by atoms with Crippen molar-refractivity contribution in [1.82, 2.24) is 10.6 Å². The number of benzene rings is 1. The van der Waals surface area contributed by atoms with Crippen LogP contribution in [0.2, 0.25) is 0 Å². The lowest BCUT2D eigenvalue weighted by Crippen LogP contribution is -2.43. The lowest BCUT2D eigenvalue weighted by molar-refractivity contribution is -0.121. The fourth-order valence-corrected chi connectivity index (χ4v) is 3.16. The average Bonchev–Trinajstić information content (AvgIpc) is 2.57. The molecule has 0 aliphatic carbocycles. The highest BCUT2D eigenvalue weighted by atomic mass is 32.2. The minimum Gasteiger partial charge on any atom is -0.369 e. The predicted molar refractivity (Wildman–Crippen MR) is 106 cm³/mol. The molecule has 0 saturated heterocycles. The lowest BCUT2D eigenvalue weighted by atomic mass is 9.99. The van der Waals surface area contributed by atoms with Crippen molar-refractivity contribution >= 4 is 21.7 Å². The predicted octanol–water partition coefficient (Wildman–Crippen LogP) is 0.848. The van der Waals surface area contributed by atoms with E-state index in [-0.39, 0.29) is 24.2 Å². The number of nitrogens with two attached hydrogens (primary N) is 1. The van der Waals surface area contributed by atoms with Gasteiger partial charge in [0.15, 0.2) is 5.96 Å². The van der Waals surface area contributed by atoms with Gasteiger partial charge in [0.05, 0.1) is 18.2 Å². The average molecular weight is 401 g/mol. The van der Waals surface area contributed by atoms with E-state index in [9.17, 15) is 17.6 Å². The number of nitrogens with one attached hydrogen (secondary N) is 2. The molecular formula is C18H29FN4O3S. The third kappa shape index (κ3) is 9.93. The number of carbonyl (C=O) groups is 1. The number of nitrogens with zero attached hydrogens (tertiary/aromatic N) is 1. The fourth-order valence-electron chi connectivity index (χ4n) is 2.38. The summed E-state index contributed by atoms with van der Waals surface area (Å²) in [5.74, 6) is -0.783. The summed E-state index contributed by atoms with van der Waals surface area (Å²) < 4.78 is 35.6. The zero-order valence-corrected chi connectivity index (χ0v) is 16.9. The van der Waals surface area contributed by atoms with Gasteiger partial charge in [0.1, 0.15) is 15.7 Å². The van der Waals surface area contributed by atoms with Gasteiger partial charge in [-0.15, -0.1) is 0 Å². The number of halogens is 1. The van der Waals surface area contributed by atoms with Crippen LogP contribution in [0.4, 0.5) is 4.39 Å². The molecule has 9 heteroatoms. The molecule has 152 valence electrons. The number of amides is 1. The Morgan fingerprint density at radius 3 is 2.44 bits per heavy atom. The van der Waals surface area contributed by atoms with Crippen LogP contribution in [0, 0.1) is 11.7 Å². The SMILES string of the molecule is CCNC(=NCC(Cc1ccc(F)cc1)C(N)=O)NC(C)CCS(C)(=O)=O. The summed E-state index contributed by atoms with van der Waals surface area (Å²) in [6.07, 6.45) is 2.01. The van der Waals surface area contributed by atoms with Crippen LogP contribution < -0.4 is 16.4 Å². The number of sulfone groups is 1. The molecule has 1 rings (SSSR count). The van der Waals surface area contributed by atoms with Gasteiger partial charge >= 0.3 is 0 Å². The highest BCUT2D eigenvalue weighted by molar-refractivity contribution is 7.90. The standard InChI is InChI=1S/C18H29FN4O3S/c1-4-21-18(23-13(2)9-10-27(3,25)26)22-12-15(17(20)24)11-14-5-7-16(19)8-6-14/h5-8,13,15H,4,9-12H2,1-3H3,(H2,20,24)(H2,21,22,23). The Labute approximate surface area is 160 Å². The monoisotopic (exact) mass is 400 g/mol. The second-order valence-electron chi connectivity index (χ2n) is 6.61. The van der Waals surface area contributed by atoms with Gasteiger partial charge < -0.3 is 16.4 Å². The molecule has 0 radical (unpaired) electrons. The van der Waals surface area contributed by atoms with Crippen molar-refractivity contribution in [3.63, 3.8) is 0 Å². The summed E-state index contributed by atoms with van der Waals surface area (Å²) in [5.41, 5.74) is 6.28. The molecule has 2 atom stereocenters. The van der Waals surface area contributed by atoms with Crippen LogP contribution in [0.1, 0.15) is 25.8 Å². The molecule has 0 saturated carbocycles. The summed E-state index contributed by atoms with van der Waals surface area (Å²) in [5, 5.41) is 6.19. The molecule has 0 aliphatic rings. The van der Waals surface area contributed by atoms with E-state index >= 15 is 0 Å². The Kier molecular flexibility index (Phi) is 9.20.